The average Bonchev–Trinajstić information content (AvgIpc) is 3.34. The summed E-state index contributed by atoms with van der Waals surface area (Å²) in [5.41, 5.74) is 1.38. The highest BCUT2D eigenvalue weighted by atomic mass is 32.2. The summed E-state index contributed by atoms with van der Waals surface area (Å²) in [6.07, 6.45) is 4.22. The summed E-state index contributed by atoms with van der Waals surface area (Å²) in [6, 6.07) is 18.1. The molecule has 32 heavy (non-hydrogen) atoms. The summed E-state index contributed by atoms with van der Waals surface area (Å²) in [5.74, 6) is 0.660. The van der Waals surface area contributed by atoms with Gasteiger partial charge in [-0.25, -0.2) is 0 Å². The van der Waals surface area contributed by atoms with E-state index in [9.17, 15) is 9.59 Å². The Morgan fingerprint density at radius 3 is 2.50 bits per heavy atom. The van der Waals surface area contributed by atoms with Gasteiger partial charge in [-0.15, -0.1) is 11.8 Å². The third-order valence-electron chi connectivity index (χ3n) is 4.67. The number of carbonyl (C=O) groups excluding carboxylic acids is 2. The molecule has 0 saturated heterocycles. The Labute approximate surface area is 192 Å². The number of unbranched alkanes of at least 4 members (excludes halogenated alkanes) is 1. The van der Waals surface area contributed by atoms with Crippen LogP contribution in [0.3, 0.4) is 0 Å². The van der Waals surface area contributed by atoms with Gasteiger partial charge in [0.05, 0.1) is 18.1 Å². The fourth-order valence-corrected chi connectivity index (χ4v) is 3.94. The zero-order chi connectivity index (χ0) is 22.8. The number of anilines is 2. The molecule has 1 heterocycles. The number of thioether (sulfide) groups is 1. The summed E-state index contributed by atoms with van der Waals surface area (Å²) >= 11 is 1.46. The van der Waals surface area contributed by atoms with Crippen molar-refractivity contribution >= 4 is 35.0 Å². The Morgan fingerprint density at radius 1 is 1.00 bits per heavy atom. The van der Waals surface area contributed by atoms with Gasteiger partial charge in [0.25, 0.3) is 5.91 Å². The van der Waals surface area contributed by atoms with Crippen molar-refractivity contribution in [3.05, 3.63) is 72.7 Å². The molecule has 1 atom stereocenters. The molecule has 0 radical (unpaired) electrons. The van der Waals surface area contributed by atoms with Crippen molar-refractivity contribution in [2.75, 3.05) is 17.2 Å². The van der Waals surface area contributed by atoms with Gasteiger partial charge in [-0.05, 0) is 67.4 Å². The van der Waals surface area contributed by atoms with Gasteiger partial charge in [-0.2, -0.15) is 0 Å². The van der Waals surface area contributed by atoms with Gasteiger partial charge >= 0.3 is 0 Å². The Balaban J connectivity index is 1.57. The number of nitrogens with one attached hydrogen (secondary N) is 2. The second kappa shape index (κ2) is 12.0. The van der Waals surface area contributed by atoms with E-state index < -0.39 is 0 Å². The lowest BCUT2D eigenvalue weighted by Crippen LogP contribution is -2.24. The SMILES string of the molecule is CCCCOc1ccc(NC(=O)C(CC)Sc2cccc(NC(=O)c3ccco3)c2)cc1. The maximum Gasteiger partial charge on any atom is 0.291 e. The Morgan fingerprint density at radius 2 is 1.81 bits per heavy atom. The van der Waals surface area contributed by atoms with Gasteiger partial charge in [-0.1, -0.05) is 26.3 Å². The molecule has 0 fully saturated rings. The lowest BCUT2D eigenvalue weighted by molar-refractivity contribution is -0.115. The maximum absolute atomic E-state index is 12.8. The summed E-state index contributed by atoms with van der Waals surface area (Å²) in [7, 11) is 0. The molecule has 2 aromatic carbocycles. The third kappa shape index (κ3) is 6.92. The molecule has 0 spiro atoms. The Bertz CT molecular complexity index is 1000. The molecular weight excluding hydrogens is 424 g/mol. The number of benzene rings is 2. The van der Waals surface area contributed by atoms with Crippen LogP contribution in [0.5, 0.6) is 5.75 Å². The zero-order valence-electron chi connectivity index (χ0n) is 18.3. The van der Waals surface area contributed by atoms with Crippen LogP contribution in [0.4, 0.5) is 11.4 Å². The maximum atomic E-state index is 12.8. The van der Waals surface area contributed by atoms with Crippen LogP contribution in [0.2, 0.25) is 0 Å². The quantitative estimate of drug-likeness (QED) is 0.267. The van der Waals surface area contributed by atoms with Crippen LogP contribution in [0.25, 0.3) is 0 Å². The van der Waals surface area contributed by atoms with Crippen molar-refractivity contribution in [2.24, 2.45) is 0 Å². The van der Waals surface area contributed by atoms with Crippen LogP contribution >= 0.6 is 11.8 Å². The number of ether oxygens (including phenoxy) is 1. The molecule has 2 amide bonds. The monoisotopic (exact) mass is 452 g/mol. The molecule has 3 aromatic rings. The predicted molar refractivity (Wildman–Crippen MR) is 129 cm³/mol. The minimum absolute atomic E-state index is 0.0674. The molecular formula is C25H28N2O4S. The summed E-state index contributed by atoms with van der Waals surface area (Å²) < 4.78 is 10.8. The lowest BCUT2D eigenvalue weighted by Gasteiger charge is -2.16. The number of furan rings is 1. The molecule has 0 aliphatic rings. The number of hydrogen-bond acceptors (Lipinski definition) is 5. The minimum atomic E-state index is -0.316. The first-order chi connectivity index (χ1) is 15.6. The van der Waals surface area contributed by atoms with E-state index in [1.54, 1.807) is 18.2 Å². The fraction of sp³-hybridized carbons (Fsp3) is 0.280. The molecule has 6 nitrogen and oxygen atoms in total. The largest absolute Gasteiger partial charge is 0.494 e. The second-order valence-corrected chi connectivity index (χ2v) is 8.47. The van der Waals surface area contributed by atoms with Crippen LogP contribution in [0.15, 0.2) is 76.2 Å². The predicted octanol–water partition coefficient (Wildman–Crippen LogP) is 6.22. The highest BCUT2D eigenvalue weighted by Crippen LogP contribution is 2.29. The fourth-order valence-electron chi connectivity index (χ4n) is 2.93. The van der Waals surface area contributed by atoms with Crippen LogP contribution in [-0.2, 0) is 4.79 Å². The van der Waals surface area contributed by atoms with Crippen molar-refractivity contribution in [3.63, 3.8) is 0 Å². The topological polar surface area (TPSA) is 80.6 Å². The first kappa shape index (κ1) is 23.5. The van der Waals surface area contributed by atoms with E-state index in [0.717, 1.165) is 29.2 Å². The standard InChI is InChI=1S/C25H28N2O4S/c1-3-5-15-30-20-13-11-18(12-14-20)26-25(29)23(4-2)32-21-9-6-8-19(17-21)27-24(28)22-10-7-16-31-22/h6-14,16-17,23H,3-5,15H2,1-2H3,(H,26,29)(H,27,28). The van der Waals surface area contributed by atoms with Crippen LogP contribution in [0.1, 0.15) is 43.7 Å². The Hall–Kier alpha value is -3.19. The highest BCUT2D eigenvalue weighted by Gasteiger charge is 2.19. The third-order valence-corrected chi connectivity index (χ3v) is 6.02. The van der Waals surface area contributed by atoms with Gasteiger partial charge in [0.1, 0.15) is 5.75 Å². The van der Waals surface area contributed by atoms with E-state index in [1.807, 2.05) is 49.4 Å². The molecule has 2 N–H and O–H groups in total. The first-order valence-electron chi connectivity index (χ1n) is 10.7. The molecule has 0 bridgehead atoms. The second-order valence-electron chi connectivity index (χ2n) is 7.19. The number of rotatable bonds is 11. The normalized spacial score (nSPS) is 11.6. The van der Waals surface area contributed by atoms with Crippen molar-refractivity contribution in [2.45, 2.75) is 43.3 Å². The molecule has 0 aliphatic heterocycles. The molecule has 168 valence electrons. The van der Waals surface area contributed by atoms with Crippen LogP contribution < -0.4 is 15.4 Å². The van der Waals surface area contributed by atoms with E-state index in [2.05, 4.69) is 17.6 Å². The molecule has 1 unspecified atom stereocenters. The molecule has 1 aromatic heterocycles. The van der Waals surface area contributed by atoms with Crippen molar-refractivity contribution in [3.8, 4) is 5.75 Å². The molecule has 7 heteroatoms. The van der Waals surface area contributed by atoms with E-state index in [0.29, 0.717) is 18.7 Å². The van der Waals surface area contributed by atoms with E-state index in [4.69, 9.17) is 9.15 Å². The van der Waals surface area contributed by atoms with Gasteiger partial charge in [0.2, 0.25) is 5.91 Å². The Kier molecular flexibility index (Phi) is 8.80. The van der Waals surface area contributed by atoms with E-state index >= 15 is 0 Å². The zero-order valence-corrected chi connectivity index (χ0v) is 19.1. The lowest BCUT2D eigenvalue weighted by atomic mass is 10.2. The molecule has 3 rings (SSSR count). The first-order valence-corrected chi connectivity index (χ1v) is 11.6. The van der Waals surface area contributed by atoms with Crippen molar-refractivity contribution in [1.29, 1.82) is 0 Å². The number of hydrogen-bond donors (Lipinski definition) is 2. The number of carbonyl (C=O) groups is 2. The smallest absolute Gasteiger partial charge is 0.291 e. The molecule has 0 aliphatic carbocycles. The van der Waals surface area contributed by atoms with Gasteiger partial charge in [0, 0.05) is 16.3 Å². The summed E-state index contributed by atoms with van der Waals surface area (Å²) in [6.45, 7) is 4.79. The van der Waals surface area contributed by atoms with Crippen LogP contribution in [0, 0.1) is 0 Å². The molecule has 0 saturated carbocycles. The van der Waals surface area contributed by atoms with Gasteiger partial charge < -0.3 is 19.8 Å². The van der Waals surface area contributed by atoms with E-state index in [-0.39, 0.29) is 22.8 Å². The minimum Gasteiger partial charge on any atom is -0.494 e. The average molecular weight is 453 g/mol. The van der Waals surface area contributed by atoms with Crippen molar-refractivity contribution in [1.82, 2.24) is 0 Å². The number of amides is 2. The van der Waals surface area contributed by atoms with E-state index in [1.165, 1.54) is 18.0 Å². The van der Waals surface area contributed by atoms with Gasteiger partial charge in [0.15, 0.2) is 5.76 Å². The summed E-state index contributed by atoms with van der Waals surface area (Å²) in [5, 5.41) is 5.51. The van der Waals surface area contributed by atoms with Crippen molar-refractivity contribution < 1.29 is 18.7 Å². The summed E-state index contributed by atoms with van der Waals surface area (Å²) in [4.78, 5) is 25.9. The highest BCUT2D eigenvalue weighted by molar-refractivity contribution is 8.00. The van der Waals surface area contributed by atoms with Crippen LogP contribution in [-0.4, -0.2) is 23.7 Å². The van der Waals surface area contributed by atoms with Gasteiger partial charge in [-0.3, -0.25) is 9.59 Å².